The minimum atomic E-state index is -0.410. The maximum Gasteiger partial charge on any atom is 0.319 e. The number of rotatable bonds is 2. The molecule has 3 amide bonds. The Kier molecular flexibility index (Phi) is 4.54. The maximum atomic E-state index is 12.7. The lowest BCUT2D eigenvalue weighted by molar-refractivity contribution is -0.139. The van der Waals surface area contributed by atoms with Gasteiger partial charge >= 0.3 is 6.03 Å². The van der Waals surface area contributed by atoms with Gasteiger partial charge in [0.25, 0.3) is 0 Å². The van der Waals surface area contributed by atoms with Crippen LogP contribution in [-0.2, 0) is 4.79 Å². The Morgan fingerprint density at radius 3 is 1.96 bits per heavy atom. The summed E-state index contributed by atoms with van der Waals surface area (Å²) in [6, 6.07) is 0.0365. The smallest absolute Gasteiger partial charge is 0.319 e. The molecule has 6 heteroatoms. The van der Waals surface area contributed by atoms with Gasteiger partial charge in [0.2, 0.25) is 5.91 Å². The van der Waals surface area contributed by atoms with Gasteiger partial charge in [-0.3, -0.25) is 4.79 Å². The van der Waals surface area contributed by atoms with Crippen LogP contribution in [0.5, 0.6) is 0 Å². The van der Waals surface area contributed by atoms with Gasteiger partial charge in [-0.05, 0) is 44.4 Å². The fraction of sp³-hybridized carbons (Fsp3) is 0.882. The van der Waals surface area contributed by atoms with E-state index in [1.807, 2.05) is 9.80 Å². The van der Waals surface area contributed by atoms with Crippen LogP contribution in [0.4, 0.5) is 4.79 Å². The first-order valence-corrected chi connectivity index (χ1v) is 8.88. The average Bonchev–Trinajstić information content (AvgIpc) is 3.32. The molecule has 0 unspecified atom stereocenters. The Morgan fingerprint density at radius 2 is 1.48 bits per heavy atom. The summed E-state index contributed by atoms with van der Waals surface area (Å²) in [6.45, 7) is 2.90. The zero-order valence-corrected chi connectivity index (χ0v) is 14.3. The summed E-state index contributed by atoms with van der Waals surface area (Å²) in [5, 5.41) is 10.2. The molecule has 0 aromatic heterocycles. The lowest BCUT2D eigenvalue weighted by Crippen LogP contribution is -2.49. The first-order chi connectivity index (χ1) is 10.9. The summed E-state index contributed by atoms with van der Waals surface area (Å²) in [5.74, 6) is 0.691. The molecule has 1 saturated carbocycles. The fourth-order valence-corrected chi connectivity index (χ4v) is 4.03. The Hall–Kier alpha value is -1.30. The van der Waals surface area contributed by atoms with E-state index < -0.39 is 5.60 Å². The third kappa shape index (κ3) is 3.47. The molecule has 3 aliphatic rings. The molecule has 2 heterocycles. The molecule has 1 aliphatic carbocycles. The SMILES string of the molecule is CN(C)C(=O)N1CCC(C(=O)N2CCC(C3(O)CC3)CC2)CC1. The molecule has 2 aliphatic heterocycles. The Morgan fingerprint density at radius 1 is 0.957 bits per heavy atom. The summed E-state index contributed by atoms with van der Waals surface area (Å²) in [4.78, 5) is 30.0. The molecule has 6 nitrogen and oxygen atoms in total. The van der Waals surface area contributed by atoms with Crippen molar-refractivity contribution in [2.24, 2.45) is 11.8 Å². The van der Waals surface area contributed by atoms with Crippen molar-refractivity contribution >= 4 is 11.9 Å². The van der Waals surface area contributed by atoms with E-state index >= 15 is 0 Å². The van der Waals surface area contributed by atoms with E-state index in [9.17, 15) is 14.7 Å². The predicted octanol–water partition coefficient (Wildman–Crippen LogP) is 1.14. The Bertz CT molecular complexity index is 460. The van der Waals surface area contributed by atoms with Crippen LogP contribution in [0.15, 0.2) is 0 Å². The van der Waals surface area contributed by atoms with Gasteiger partial charge in [-0.25, -0.2) is 4.79 Å². The zero-order valence-electron chi connectivity index (χ0n) is 14.3. The monoisotopic (exact) mass is 323 g/mol. The van der Waals surface area contributed by atoms with Gasteiger partial charge < -0.3 is 19.8 Å². The second-order valence-corrected chi connectivity index (χ2v) is 7.64. The van der Waals surface area contributed by atoms with Gasteiger partial charge in [0.1, 0.15) is 0 Å². The van der Waals surface area contributed by atoms with Crippen LogP contribution in [0.1, 0.15) is 38.5 Å². The molecule has 0 bridgehead atoms. The molecule has 130 valence electrons. The summed E-state index contributed by atoms with van der Waals surface area (Å²) in [7, 11) is 3.52. The molecular formula is C17H29N3O3. The highest BCUT2D eigenvalue weighted by atomic mass is 16.3. The van der Waals surface area contributed by atoms with E-state index in [1.165, 1.54) is 0 Å². The number of carbonyl (C=O) groups excluding carboxylic acids is 2. The van der Waals surface area contributed by atoms with E-state index in [4.69, 9.17) is 0 Å². The molecular weight excluding hydrogens is 294 g/mol. The molecule has 3 fully saturated rings. The molecule has 1 N–H and O–H groups in total. The minimum Gasteiger partial charge on any atom is -0.390 e. The highest BCUT2D eigenvalue weighted by Crippen LogP contribution is 2.46. The number of urea groups is 1. The van der Waals surface area contributed by atoms with Gasteiger partial charge in [0.15, 0.2) is 0 Å². The second-order valence-electron chi connectivity index (χ2n) is 7.64. The van der Waals surface area contributed by atoms with Crippen molar-refractivity contribution in [1.82, 2.24) is 14.7 Å². The predicted molar refractivity (Wildman–Crippen MR) is 86.9 cm³/mol. The highest BCUT2D eigenvalue weighted by Gasteiger charge is 2.48. The number of amides is 3. The van der Waals surface area contributed by atoms with Gasteiger partial charge in [-0.15, -0.1) is 0 Å². The van der Waals surface area contributed by atoms with Crippen LogP contribution in [-0.4, -0.2) is 77.6 Å². The molecule has 0 atom stereocenters. The Balaban J connectivity index is 1.46. The van der Waals surface area contributed by atoms with Crippen LogP contribution in [0.2, 0.25) is 0 Å². The summed E-state index contributed by atoms with van der Waals surface area (Å²) in [6.07, 6.45) is 5.26. The number of nitrogens with zero attached hydrogens (tertiary/aromatic N) is 3. The Labute approximate surface area is 138 Å². The van der Waals surface area contributed by atoms with E-state index in [0.29, 0.717) is 19.0 Å². The normalized spacial score (nSPS) is 25.3. The lowest BCUT2D eigenvalue weighted by Gasteiger charge is -2.38. The van der Waals surface area contributed by atoms with Crippen molar-refractivity contribution in [3.05, 3.63) is 0 Å². The topological polar surface area (TPSA) is 64.1 Å². The van der Waals surface area contributed by atoms with Crippen molar-refractivity contribution in [3.8, 4) is 0 Å². The number of hydrogen-bond donors (Lipinski definition) is 1. The third-order valence-corrected chi connectivity index (χ3v) is 5.83. The number of carbonyl (C=O) groups is 2. The molecule has 0 radical (unpaired) electrons. The van der Waals surface area contributed by atoms with Crippen molar-refractivity contribution in [1.29, 1.82) is 0 Å². The molecule has 0 aromatic rings. The number of piperidine rings is 2. The molecule has 23 heavy (non-hydrogen) atoms. The van der Waals surface area contributed by atoms with Gasteiger partial charge in [-0.1, -0.05) is 0 Å². The summed E-state index contributed by atoms with van der Waals surface area (Å²) < 4.78 is 0. The first-order valence-electron chi connectivity index (χ1n) is 8.88. The number of likely N-dealkylation sites (tertiary alicyclic amines) is 2. The summed E-state index contributed by atoms with van der Waals surface area (Å²) >= 11 is 0. The fourth-order valence-electron chi connectivity index (χ4n) is 4.03. The van der Waals surface area contributed by atoms with Crippen molar-refractivity contribution in [2.45, 2.75) is 44.1 Å². The number of hydrogen-bond acceptors (Lipinski definition) is 3. The van der Waals surface area contributed by atoms with E-state index in [1.54, 1.807) is 19.0 Å². The largest absolute Gasteiger partial charge is 0.390 e. The number of aliphatic hydroxyl groups is 1. The van der Waals surface area contributed by atoms with Crippen molar-refractivity contribution < 1.29 is 14.7 Å². The second kappa shape index (κ2) is 6.30. The van der Waals surface area contributed by atoms with Crippen molar-refractivity contribution in [3.63, 3.8) is 0 Å². The molecule has 0 spiro atoms. The van der Waals surface area contributed by atoms with Crippen LogP contribution in [0, 0.1) is 11.8 Å². The maximum absolute atomic E-state index is 12.7. The van der Waals surface area contributed by atoms with Crippen molar-refractivity contribution in [2.75, 3.05) is 40.3 Å². The zero-order chi connectivity index (χ0) is 16.6. The molecule has 2 saturated heterocycles. The first kappa shape index (κ1) is 16.6. The van der Waals surface area contributed by atoms with E-state index in [2.05, 4.69) is 0 Å². The van der Waals surface area contributed by atoms with Crippen LogP contribution >= 0.6 is 0 Å². The van der Waals surface area contributed by atoms with Crippen LogP contribution in [0.25, 0.3) is 0 Å². The van der Waals surface area contributed by atoms with Crippen LogP contribution in [0.3, 0.4) is 0 Å². The average molecular weight is 323 g/mol. The standard InChI is InChI=1S/C17H29N3O3/c1-18(2)16(22)20-9-3-13(4-10-20)15(21)19-11-5-14(6-12-19)17(23)7-8-17/h13-14,23H,3-12H2,1-2H3. The van der Waals surface area contributed by atoms with Gasteiger partial charge in [-0.2, -0.15) is 0 Å². The third-order valence-electron chi connectivity index (χ3n) is 5.83. The van der Waals surface area contributed by atoms with E-state index in [0.717, 1.165) is 51.6 Å². The molecule has 3 rings (SSSR count). The molecule has 0 aromatic carbocycles. The van der Waals surface area contributed by atoms with Gasteiger partial charge in [0.05, 0.1) is 5.60 Å². The lowest BCUT2D eigenvalue weighted by atomic mass is 9.88. The van der Waals surface area contributed by atoms with Gasteiger partial charge in [0, 0.05) is 46.2 Å². The highest BCUT2D eigenvalue weighted by molar-refractivity contribution is 5.80. The quantitative estimate of drug-likeness (QED) is 0.829. The van der Waals surface area contributed by atoms with E-state index in [-0.39, 0.29) is 17.9 Å². The minimum absolute atomic E-state index is 0.0365. The summed E-state index contributed by atoms with van der Waals surface area (Å²) in [5.41, 5.74) is -0.410. The van der Waals surface area contributed by atoms with Crippen LogP contribution < -0.4 is 0 Å².